The summed E-state index contributed by atoms with van der Waals surface area (Å²) in [6.07, 6.45) is 0. The molecule has 3 rings (SSSR count). The van der Waals surface area contributed by atoms with Gasteiger partial charge in [-0.1, -0.05) is 37.2 Å². The van der Waals surface area contributed by atoms with Gasteiger partial charge in [0.25, 0.3) is 0 Å². The number of hydrogen-bond acceptors (Lipinski definition) is 3. The summed E-state index contributed by atoms with van der Waals surface area (Å²) in [5, 5.41) is 5.30. The van der Waals surface area contributed by atoms with Crippen molar-refractivity contribution in [3.05, 3.63) is 47.7 Å². The molecule has 0 bridgehead atoms. The molecule has 0 amide bonds. The Morgan fingerprint density at radius 3 is 2.79 bits per heavy atom. The number of benzene rings is 1. The van der Waals surface area contributed by atoms with Crippen molar-refractivity contribution in [2.24, 2.45) is 0 Å². The minimum atomic E-state index is 0.267. The van der Waals surface area contributed by atoms with Gasteiger partial charge in [0.2, 0.25) is 5.89 Å². The number of para-hydroxylation sites is 1. The third-order valence-electron chi connectivity index (χ3n) is 3.29. The molecule has 0 radical (unpaired) electrons. The highest BCUT2D eigenvalue weighted by molar-refractivity contribution is 5.81. The van der Waals surface area contributed by atoms with Crippen LogP contribution in [0.3, 0.4) is 0 Å². The van der Waals surface area contributed by atoms with Gasteiger partial charge in [0.05, 0.1) is 6.54 Å². The van der Waals surface area contributed by atoms with Crippen LogP contribution >= 0.6 is 0 Å². The molecule has 0 saturated heterocycles. The lowest BCUT2D eigenvalue weighted by atomic mass is 10.2. The van der Waals surface area contributed by atoms with Crippen molar-refractivity contribution in [2.75, 3.05) is 0 Å². The Balaban J connectivity index is 1.98. The van der Waals surface area contributed by atoms with Crippen LogP contribution in [-0.4, -0.2) is 14.7 Å². The minimum Gasteiger partial charge on any atom is -0.339 e. The van der Waals surface area contributed by atoms with Crippen molar-refractivity contribution in [3.8, 4) is 0 Å². The summed E-state index contributed by atoms with van der Waals surface area (Å²) >= 11 is 0. The van der Waals surface area contributed by atoms with Crippen LogP contribution in [-0.2, 0) is 6.54 Å². The van der Waals surface area contributed by atoms with E-state index < -0.39 is 0 Å². The van der Waals surface area contributed by atoms with E-state index in [0.29, 0.717) is 12.4 Å². The molecule has 0 spiro atoms. The summed E-state index contributed by atoms with van der Waals surface area (Å²) in [5.74, 6) is 1.70. The fourth-order valence-electron chi connectivity index (χ4n) is 2.27. The van der Waals surface area contributed by atoms with Gasteiger partial charge in [0.15, 0.2) is 5.82 Å². The number of aromatic nitrogens is 3. The Morgan fingerprint density at radius 1 is 1.26 bits per heavy atom. The maximum absolute atomic E-state index is 5.25. The van der Waals surface area contributed by atoms with Crippen molar-refractivity contribution < 1.29 is 4.52 Å². The topological polar surface area (TPSA) is 43.9 Å². The maximum Gasteiger partial charge on any atom is 0.229 e. The van der Waals surface area contributed by atoms with Crippen LogP contribution in [0.1, 0.15) is 37.2 Å². The molecule has 0 fully saturated rings. The lowest BCUT2D eigenvalue weighted by Gasteiger charge is -2.04. The second-order valence-electron chi connectivity index (χ2n) is 5.13. The number of rotatable bonds is 3. The molecule has 2 aromatic heterocycles. The number of aryl methyl sites for hydroxylation is 1. The van der Waals surface area contributed by atoms with Crippen molar-refractivity contribution in [1.82, 2.24) is 14.7 Å². The van der Waals surface area contributed by atoms with Crippen LogP contribution in [0.5, 0.6) is 0 Å². The quantitative estimate of drug-likeness (QED) is 0.719. The number of fused-ring (bicyclic) bond motifs is 1. The average Bonchev–Trinajstić information content (AvgIpc) is 2.96. The first-order chi connectivity index (χ1) is 9.15. The van der Waals surface area contributed by atoms with Gasteiger partial charge in [0, 0.05) is 17.1 Å². The molecule has 0 atom stereocenters. The summed E-state index contributed by atoms with van der Waals surface area (Å²) in [7, 11) is 0. The van der Waals surface area contributed by atoms with E-state index in [4.69, 9.17) is 4.52 Å². The van der Waals surface area contributed by atoms with E-state index in [9.17, 15) is 0 Å². The van der Waals surface area contributed by atoms with Crippen molar-refractivity contribution in [3.63, 3.8) is 0 Å². The van der Waals surface area contributed by atoms with Gasteiger partial charge in [0.1, 0.15) is 0 Å². The second kappa shape index (κ2) is 4.53. The van der Waals surface area contributed by atoms with Crippen LogP contribution in [0.25, 0.3) is 10.9 Å². The monoisotopic (exact) mass is 255 g/mol. The highest BCUT2D eigenvalue weighted by Gasteiger charge is 2.12. The maximum atomic E-state index is 5.25. The Morgan fingerprint density at radius 2 is 2.05 bits per heavy atom. The fourth-order valence-corrected chi connectivity index (χ4v) is 2.27. The summed E-state index contributed by atoms with van der Waals surface area (Å²) in [6.45, 7) is 6.85. The molecule has 0 unspecified atom stereocenters. The third-order valence-corrected chi connectivity index (χ3v) is 3.29. The lowest BCUT2D eigenvalue weighted by Crippen LogP contribution is -2.03. The predicted molar refractivity (Wildman–Crippen MR) is 74.2 cm³/mol. The zero-order chi connectivity index (χ0) is 13.4. The molecular formula is C15H17N3O. The highest BCUT2D eigenvalue weighted by atomic mass is 16.5. The molecule has 1 aromatic carbocycles. The van der Waals surface area contributed by atoms with E-state index in [1.807, 2.05) is 19.9 Å². The molecule has 4 nitrogen and oxygen atoms in total. The van der Waals surface area contributed by atoms with Gasteiger partial charge in [-0.05, 0) is 24.4 Å². The molecule has 98 valence electrons. The molecule has 0 N–H and O–H groups in total. The Bertz CT molecular complexity index is 709. The van der Waals surface area contributed by atoms with Crippen LogP contribution in [0, 0.1) is 6.92 Å². The molecular weight excluding hydrogens is 238 g/mol. The molecule has 2 heterocycles. The minimum absolute atomic E-state index is 0.267. The Kier molecular flexibility index (Phi) is 2.85. The van der Waals surface area contributed by atoms with E-state index in [2.05, 4.69) is 45.9 Å². The molecule has 0 saturated carbocycles. The molecule has 0 aliphatic rings. The van der Waals surface area contributed by atoms with Crippen LogP contribution in [0.4, 0.5) is 0 Å². The summed E-state index contributed by atoms with van der Waals surface area (Å²) in [6, 6.07) is 10.5. The van der Waals surface area contributed by atoms with E-state index in [-0.39, 0.29) is 5.92 Å². The van der Waals surface area contributed by atoms with Crippen LogP contribution in [0.2, 0.25) is 0 Å². The van der Waals surface area contributed by atoms with Gasteiger partial charge < -0.3 is 9.09 Å². The van der Waals surface area contributed by atoms with E-state index in [1.165, 1.54) is 16.6 Å². The van der Waals surface area contributed by atoms with Gasteiger partial charge in [-0.2, -0.15) is 4.98 Å². The van der Waals surface area contributed by atoms with Crippen molar-refractivity contribution in [1.29, 1.82) is 0 Å². The molecule has 3 aromatic rings. The Hall–Kier alpha value is -2.10. The summed E-state index contributed by atoms with van der Waals surface area (Å²) in [4.78, 5) is 4.43. The Labute approximate surface area is 112 Å². The first-order valence-electron chi connectivity index (χ1n) is 6.52. The largest absolute Gasteiger partial charge is 0.339 e. The number of hydrogen-bond donors (Lipinski definition) is 0. The summed E-state index contributed by atoms with van der Waals surface area (Å²) < 4.78 is 7.46. The smallest absolute Gasteiger partial charge is 0.229 e. The van der Waals surface area contributed by atoms with Crippen LogP contribution in [0.15, 0.2) is 34.9 Å². The zero-order valence-corrected chi connectivity index (χ0v) is 11.4. The molecule has 0 aliphatic carbocycles. The van der Waals surface area contributed by atoms with Crippen molar-refractivity contribution >= 4 is 10.9 Å². The van der Waals surface area contributed by atoms with Crippen LogP contribution < -0.4 is 0 Å². The van der Waals surface area contributed by atoms with Gasteiger partial charge >= 0.3 is 0 Å². The van der Waals surface area contributed by atoms with Gasteiger partial charge in [-0.3, -0.25) is 0 Å². The summed E-state index contributed by atoms with van der Waals surface area (Å²) in [5.41, 5.74) is 2.41. The first kappa shape index (κ1) is 12.0. The standard InChI is InChI=1S/C15H17N3O/c1-10(2)15-16-14(17-19-15)9-18-11(3)8-12-6-4-5-7-13(12)18/h4-8,10H,9H2,1-3H3. The molecule has 4 heteroatoms. The van der Waals surface area contributed by atoms with E-state index >= 15 is 0 Å². The fraction of sp³-hybridized carbons (Fsp3) is 0.333. The van der Waals surface area contributed by atoms with E-state index in [1.54, 1.807) is 0 Å². The molecule has 0 aliphatic heterocycles. The average molecular weight is 255 g/mol. The number of nitrogens with zero attached hydrogens (tertiary/aromatic N) is 3. The third kappa shape index (κ3) is 2.14. The zero-order valence-electron chi connectivity index (χ0n) is 11.4. The van der Waals surface area contributed by atoms with E-state index in [0.717, 1.165) is 5.82 Å². The second-order valence-corrected chi connectivity index (χ2v) is 5.13. The SMILES string of the molecule is Cc1cc2ccccc2n1Cc1noc(C(C)C)n1. The normalized spacial score (nSPS) is 11.6. The van der Waals surface area contributed by atoms with Gasteiger partial charge in [-0.25, -0.2) is 0 Å². The van der Waals surface area contributed by atoms with Crippen molar-refractivity contribution in [2.45, 2.75) is 33.2 Å². The molecule has 19 heavy (non-hydrogen) atoms. The van der Waals surface area contributed by atoms with Gasteiger partial charge in [-0.15, -0.1) is 0 Å². The lowest BCUT2D eigenvalue weighted by molar-refractivity contribution is 0.360. The highest BCUT2D eigenvalue weighted by Crippen LogP contribution is 2.20. The predicted octanol–water partition coefficient (Wildman–Crippen LogP) is 3.50. The first-order valence-corrected chi connectivity index (χ1v) is 6.52.